The number of rotatable bonds is 25. The monoisotopic (exact) mass is 1360 g/mol. The standard InChI is InChI=1S/C51H85N3O39/c1-12(62)52-23-15(65)4-51(50(79)80,92-41(23)26(67)16(66)5-55)93-43-31(72)27(68)17(6-56)83-49(43)90-38-21(10-60)85-46(25(30(38)71)54-14(3)64)91-42-28(69)18(7-57)82-48(36(42)77)88-37-20(9-59)84-45(24(29(37)70)53-13(2)63)87-40-22(11-61)86-47(35(76)33(40)74)89-39-19(8-58)81-44(78)34(75)32(39)73/h15-49,55-61,65-78H,4-11H2,1-3H3,(H,52,62)(H,53,63)(H,54,64)(H,79,80)/t15-,16+,17+,18+,19+,20+,21+,22+,23+,24+,25+,26+,27-,28-,29+,30+,31-,32+,33+,34+,35+,36+,37-,38+,39+,40-,41+,42-,43+,44+,45-,46-,47-,48-,49-,51-/m0/s1. The zero-order chi connectivity index (χ0) is 69.0. The Kier molecular flexibility index (Phi) is 27.2. The zero-order valence-electron chi connectivity index (χ0n) is 49.6. The normalized spacial score (nSPS) is 47.2. The third-order valence-electron chi connectivity index (χ3n) is 16.7. The molecule has 3 amide bonds. The van der Waals surface area contributed by atoms with Crippen molar-refractivity contribution in [3.8, 4) is 0 Å². The molecule has 7 heterocycles. The van der Waals surface area contributed by atoms with Crippen molar-refractivity contribution in [2.24, 2.45) is 0 Å². The molecule has 0 spiro atoms. The first-order valence-corrected chi connectivity index (χ1v) is 29.3. The Morgan fingerprint density at radius 3 is 1.25 bits per heavy atom. The van der Waals surface area contributed by atoms with Crippen LogP contribution in [-0.2, 0) is 80.8 Å². The van der Waals surface area contributed by atoms with Crippen molar-refractivity contribution in [3.05, 3.63) is 0 Å². The number of amides is 3. The van der Waals surface area contributed by atoms with Gasteiger partial charge in [-0.3, -0.25) is 14.4 Å². The second kappa shape index (κ2) is 32.9. The number of carbonyl (C=O) groups excluding carboxylic acids is 3. The summed E-state index contributed by atoms with van der Waals surface area (Å²) in [6.07, 6.45) is -67.1. The molecule has 7 saturated heterocycles. The van der Waals surface area contributed by atoms with Gasteiger partial charge < -0.3 is 190 Å². The summed E-state index contributed by atoms with van der Waals surface area (Å²) in [6.45, 7) is -4.83. The highest BCUT2D eigenvalue weighted by molar-refractivity contribution is 5.77. The molecule has 7 fully saturated rings. The second-order valence-corrected chi connectivity index (χ2v) is 23.2. The summed E-state index contributed by atoms with van der Waals surface area (Å²) in [5.41, 5.74) is 0. The summed E-state index contributed by atoms with van der Waals surface area (Å²) in [5.74, 6) is -8.13. The first-order chi connectivity index (χ1) is 43.8. The second-order valence-electron chi connectivity index (χ2n) is 23.2. The summed E-state index contributed by atoms with van der Waals surface area (Å²) in [6, 6.07) is -5.53. The summed E-state index contributed by atoms with van der Waals surface area (Å²) in [7, 11) is 0. The molecule has 93 heavy (non-hydrogen) atoms. The molecular weight excluding hydrogens is 1280 g/mol. The minimum absolute atomic E-state index is 0.856. The Balaban J connectivity index is 1.11. The Morgan fingerprint density at radius 1 is 0.419 bits per heavy atom. The van der Waals surface area contributed by atoms with Gasteiger partial charge in [-0.1, -0.05) is 0 Å². The molecule has 42 heteroatoms. The van der Waals surface area contributed by atoms with Crippen LogP contribution in [0.25, 0.3) is 0 Å². The molecule has 0 aromatic rings. The first kappa shape index (κ1) is 76.9. The molecule has 36 atom stereocenters. The number of aliphatic hydroxyl groups is 21. The molecule has 0 saturated carbocycles. The average molecular weight is 1360 g/mol. The molecule has 0 bridgehead atoms. The van der Waals surface area contributed by atoms with Gasteiger partial charge in [0.15, 0.2) is 37.7 Å². The predicted molar refractivity (Wildman–Crippen MR) is 284 cm³/mol. The van der Waals surface area contributed by atoms with Gasteiger partial charge in [0.1, 0.15) is 165 Å². The van der Waals surface area contributed by atoms with E-state index in [2.05, 4.69) is 16.0 Å². The Hall–Kier alpha value is -3.48. The maximum absolute atomic E-state index is 13.2. The highest BCUT2D eigenvalue weighted by Crippen LogP contribution is 2.41. The highest BCUT2D eigenvalue weighted by Gasteiger charge is 2.62. The molecule has 0 aromatic carbocycles. The van der Waals surface area contributed by atoms with E-state index in [0.29, 0.717) is 0 Å². The Labute approximate surface area is 525 Å². The number of carboxylic acid groups (broad SMARTS) is 1. The van der Waals surface area contributed by atoms with Crippen LogP contribution in [0.5, 0.6) is 0 Å². The molecule has 0 aliphatic carbocycles. The number of hydrogen-bond donors (Lipinski definition) is 25. The number of carbonyl (C=O) groups is 4. The van der Waals surface area contributed by atoms with E-state index >= 15 is 0 Å². The number of aliphatic carboxylic acids is 1. The predicted octanol–water partition coefficient (Wildman–Crippen LogP) is -16.6. The van der Waals surface area contributed by atoms with Crippen molar-refractivity contribution in [1.82, 2.24) is 16.0 Å². The molecule has 0 unspecified atom stereocenters. The third-order valence-corrected chi connectivity index (χ3v) is 16.7. The fourth-order valence-electron chi connectivity index (χ4n) is 11.9. The van der Waals surface area contributed by atoms with Crippen LogP contribution in [0.1, 0.15) is 27.2 Å². The van der Waals surface area contributed by atoms with Crippen molar-refractivity contribution in [2.75, 3.05) is 46.2 Å². The number of ether oxygens (including phenoxy) is 13. The third kappa shape index (κ3) is 16.6. The van der Waals surface area contributed by atoms with Crippen LogP contribution in [0.4, 0.5) is 0 Å². The summed E-state index contributed by atoms with van der Waals surface area (Å²) in [5, 5.41) is 245. The fourth-order valence-corrected chi connectivity index (χ4v) is 11.9. The molecular formula is C51H85N3O39. The minimum Gasteiger partial charge on any atom is -0.477 e. The van der Waals surface area contributed by atoms with Crippen LogP contribution in [0.2, 0.25) is 0 Å². The lowest BCUT2D eigenvalue weighted by atomic mass is 9.88. The number of carboxylic acids is 1. The van der Waals surface area contributed by atoms with Gasteiger partial charge in [0, 0.05) is 27.2 Å². The van der Waals surface area contributed by atoms with Gasteiger partial charge >= 0.3 is 5.97 Å². The van der Waals surface area contributed by atoms with Gasteiger partial charge in [0.25, 0.3) is 5.79 Å². The minimum atomic E-state index is -3.28. The maximum atomic E-state index is 13.2. The summed E-state index contributed by atoms with van der Waals surface area (Å²) in [4.78, 5) is 50.9. The van der Waals surface area contributed by atoms with Crippen LogP contribution in [0, 0.1) is 0 Å². The lowest BCUT2D eigenvalue weighted by molar-refractivity contribution is -0.397. The number of hydrogen-bond acceptors (Lipinski definition) is 38. The van der Waals surface area contributed by atoms with E-state index in [4.69, 9.17) is 61.6 Å². The molecule has 7 rings (SSSR count). The largest absolute Gasteiger partial charge is 0.477 e. The van der Waals surface area contributed by atoms with Crippen molar-refractivity contribution < 1.29 is 193 Å². The van der Waals surface area contributed by atoms with E-state index in [0.717, 1.165) is 20.8 Å². The van der Waals surface area contributed by atoms with E-state index in [1.54, 1.807) is 0 Å². The van der Waals surface area contributed by atoms with Crippen LogP contribution >= 0.6 is 0 Å². The summed E-state index contributed by atoms with van der Waals surface area (Å²) >= 11 is 0. The lowest BCUT2D eigenvalue weighted by Crippen LogP contribution is -2.71. The first-order valence-electron chi connectivity index (χ1n) is 29.3. The molecule has 25 N–H and O–H groups in total. The van der Waals surface area contributed by atoms with Crippen molar-refractivity contribution in [1.29, 1.82) is 0 Å². The molecule has 7 aliphatic heterocycles. The van der Waals surface area contributed by atoms with Crippen LogP contribution in [-0.4, -0.2) is 403 Å². The van der Waals surface area contributed by atoms with E-state index in [1.165, 1.54) is 0 Å². The smallest absolute Gasteiger partial charge is 0.364 e. The van der Waals surface area contributed by atoms with Crippen LogP contribution in [0.3, 0.4) is 0 Å². The molecule has 7 aliphatic rings. The fraction of sp³-hybridized carbons (Fsp3) is 0.922. The zero-order valence-corrected chi connectivity index (χ0v) is 49.6. The molecule has 42 nitrogen and oxygen atoms in total. The quantitative estimate of drug-likeness (QED) is 0.0404. The van der Waals surface area contributed by atoms with Gasteiger partial charge in [-0.25, -0.2) is 4.79 Å². The maximum Gasteiger partial charge on any atom is 0.364 e. The van der Waals surface area contributed by atoms with Crippen molar-refractivity contribution in [2.45, 2.75) is 248 Å². The van der Waals surface area contributed by atoms with Gasteiger partial charge in [0.05, 0.1) is 58.4 Å². The topological polar surface area (TPSA) is 669 Å². The SMILES string of the molecule is CC(=O)N[C@H]1[C@H](O[C@@H]2[C@H](O)[C@@H](O)[C@H](O[C@H]3[C@H](O)[C@@H](O)[C@H](O)O[C@@H]3CO)O[C@@H]2CO)O[C@H](CO)[C@H](O[C@@H]2O[C@H](CO)[C@H](O)[C@H](O[C@@H]3O[C@H](CO)[C@@H](O[C@@H]4O[C@H](CO)[C@H](O)[C@H](O)[C@H]4O[C@]4(C(=O)O)C[C@H](O)[C@@H](NC(C)=O)[C@H]([C@H](O)[C@H](O)CO)O4)[C@H](O)[C@H]3NC(C)=O)[C@H]2O)[C@@H]1O. The van der Waals surface area contributed by atoms with E-state index in [9.17, 15) is 132 Å². The van der Waals surface area contributed by atoms with Crippen LogP contribution in [0.15, 0.2) is 0 Å². The average Bonchev–Trinajstić information content (AvgIpc) is 0.769. The Bertz CT molecular complexity index is 2410. The molecule has 0 aromatic heterocycles. The summed E-state index contributed by atoms with van der Waals surface area (Å²) < 4.78 is 74.9. The van der Waals surface area contributed by atoms with E-state index in [-0.39, 0.29) is 0 Å². The van der Waals surface area contributed by atoms with E-state index in [1.807, 2.05) is 0 Å². The van der Waals surface area contributed by atoms with Gasteiger partial charge in [-0.05, 0) is 0 Å². The lowest BCUT2D eigenvalue weighted by Gasteiger charge is -2.52. The van der Waals surface area contributed by atoms with Gasteiger partial charge in [-0.2, -0.15) is 0 Å². The Morgan fingerprint density at radius 2 is 0.785 bits per heavy atom. The molecule has 538 valence electrons. The van der Waals surface area contributed by atoms with E-state index < -0.39 is 297 Å². The van der Waals surface area contributed by atoms with Gasteiger partial charge in [0.2, 0.25) is 17.7 Å². The van der Waals surface area contributed by atoms with Gasteiger partial charge in [-0.15, -0.1) is 0 Å². The van der Waals surface area contributed by atoms with Crippen LogP contribution < -0.4 is 16.0 Å². The highest BCUT2D eigenvalue weighted by atomic mass is 16.8. The van der Waals surface area contributed by atoms with Crippen molar-refractivity contribution in [3.63, 3.8) is 0 Å². The number of aliphatic hydroxyl groups excluding tert-OH is 21. The van der Waals surface area contributed by atoms with Crippen molar-refractivity contribution >= 4 is 23.7 Å². The number of nitrogens with one attached hydrogen (secondary N) is 3. The molecule has 0 radical (unpaired) electrons.